The molecule has 5 heteroatoms. The van der Waals surface area contributed by atoms with E-state index in [-0.39, 0.29) is 6.04 Å². The third kappa shape index (κ3) is 6.47. The van der Waals surface area contributed by atoms with Gasteiger partial charge in [0, 0.05) is 19.2 Å². The SMILES string of the molecule is CCOCCOCC(O)CNC(C)c1ccsc1. The van der Waals surface area contributed by atoms with E-state index in [1.54, 1.807) is 11.3 Å². The number of hydrogen-bond donors (Lipinski definition) is 2. The van der Waals surface area contributed by atoms with Crippen LogP contribution in [0.1, 0.15) is 25.5 Å². The highest BCUT2D eigenvalue weighted by molar-refractivity contribution is 7.07. The van der Waals surface area contributed by atoms with E-state index in [9.17, 15) is 5.11 Å². The van der Waals surface area contributed by atoms with Gasteiger partial charge in [-0.05, 0) is 36.2 Å². The van der Waals surface area contributed by atoms with Crippen LogP contribution in [0.4, 0.5) is 0 Å². The van der Waals surface area contributed by atoms with E-state index in [0.29, 0.717) is 33.0 Å². The van der Waals surface area contributed by atoms with Gasteiger partial charge in [-0.2, -0.15) is 11.3 Å². The molecule has 2 atom stereocenters. The summed E-state index contributed by atoms with van der Waals surface area (Å²) in [5, 5.41) is 17.2. The molecule has 1 heterocycles. The van der Waals surface area contributed by atoms with Crippen LogP contribution in [-0.2, 0) is 9.47 Å². The van der Waals surface area contributed by atoms with Crippen molar-refractivity contribution in [3.63, 3.8) is 0 Å². The average Bonchev–Trinajstić information content (AvgIpc) is 2.89. The maximum absolute atomic E-state index is 9.73. The minimum absolute atomic E-state index is 0.259. The summed E-state index contributed by atoms with van der Waals surface area (Å²) < 4.78 is 10.4. The molecule has 2 unspecified atom stereocenters. The molecule has 0 radical (unpaired) electrons. The van der Waals surface area contributed by atoms with Crippen molar-refractivity contribution in [2.45, 2.75) is 26.0 Å². The second-order valence-electron chi connectivity index (χ2n) is 4.11. The Labute approximate surface area is 113 Å². The van der Waals surface area contributed by atoms with Crippen LogP contribution in [-0.4, -0.2) is 44.2 Å². The minimum Gasteiger partial charge on any atom is -0.389 e. The fourth-order valence-corrected chi connectivity index (χ4v) is 2.25. The molecule has 0 saturated carbocycles. The lowest BCUT2D eigenvalue weighted by Gasteiger charge is -2.16. The number of rotatable bonds is 10. The van der Waals surface area contributed by atoms with Crippen molar-refractivity contribution < 1.29 is 14.6 Å². The van der Waals surface area contributed by atoms with Crippen molar-refractivity contribution in [2.24, 2.45) is 0 Å². The molecule has 1 aromatic heterocycles. The normalized spacial score (nSPS) is 14.6. The summed E-state index contributed by atoms with van der Waals surface area (Å²) in [6.45, 7) is 6.73. The zero-order valence-electron chi connectivity index (χ0n) is 11.1. The highest BCUT2D eigenvalue weighted by Gasteiger charge is 2.09. The summed E-state index contributed by atoms with van der Waals surface area (Å²) in [6, 6.07) is 2.35. The number of aliphatic hydroxyl groups excluding tert-OH is 1. The lowest BCUT2D eigenvalue weighted by Crippen LogP contribution is -2.32. The first kappa shape index (κ1) is 15.6. The van der Waals surface area contributed by atoms with E-state index in [4.69, 9.17) is 9.47 Å². The van der Waals surface area contributed by atoms with Gasteiger partial charge in [0.05, 0.1) is 25.9 Å². The fraction of sp³-hybridized carbons (Fsp3) is 0.692. The molecule has 0 aromatic carbocycles. The third-order valence-corrected chi connectivity index (χ3v) is 3.29. The standard InChI is InChI=1S/C13H23NO3S/c1-3-16-5-6-17-9-13(15)8-14-11(2)12-4-7-18-10-12/h4,7,10-11,13-15H,3,5-6,8-9H2,1-2H3. The van der Waals surface area contributed by atoms with Gasteiger partial charge in [0.1, 0.15) is 0 Å². The van der Waals surface area contributed by atoms with Crippen molar-refractivity contribution in [2.75, 3.05) is 33.0 Å². The largest absolute Gasteiger partial charge is 0.389 e. The van der Waals surface area contributed by atoms with Gasteiger partial charge in [-0.3, -0.25) is 0 Å². The minimum atomic E-state index is -0.479. The summed E-state index contributed by atoms with van der Waals surface area (Å²) in [6.07, 6.45) is -0.479. The zero-order valence-corrected chi connectivity index (χ0v) is 11.9. The van der Waals surface area contributed by atoms with Crippen molar-refractivity contribution in [3.05, 3.63) is 22.4 Å². The van der Waals surface area contributed by atoms with Crippen LogP contribution < -0.4 is 5.32 Å². The Morgan fingerprint density at radius 3 is 2.83 bits per heavy atom. The van der Waals surface area contributed by atoms with Crippen molar-refractivity contribution in [3.8, 4) is 0 Å². The summed E-state index contributed by atoms with van der Waals surface area (Å²) in [5.74, 6) is 0. The van der Waals surface area contributed by atoms with Gasteiger partial charge in [0.25, 0.3) is 0 Å². The Bertz CT molecular complexity index is 292. The van der Waals surface area contributed by atoms with Crippen molar-refractivity contribution in [1.82, 2.24) is 5.32 Å². The average molecular weight is 273 g/mol. The molecule has 2 N–H and O–H groups in total. The number of thiophene rings is 1. The van der Waals surface area contributed by atoms with Gasteiger partial charge < -0.3 is 19.9 Å². The molecule has 1 rings (SSSR count). The highest BCUT2D eigenvalue weighted by atomic mass is 32.1. The van der Waals surface area contributed by atoms with Crippen LogP contribution in [0.5, 0.6) is 0 Å². The molecular weight excluding hydrogens is 250 g/mol. The Balaban J connectivity index is 2.04. The smallest absolute Gasteiger partial charge is 0.0897 e. The lowest BCUT2D eigenvalue weighted by molar-refractivity contribution is 0.00586. The zero-order chi connectivity index (χ0) is 13.2. The molecule has 4 nitrogen and oxygen atoms in total. The molecule has 0 spiro atoms. The van der Waals surface area contributed by atoms with Crippen LogP contribution >= 0.6 is 11.3 Å². The summed E-state index contributed by atoms with van der Waals surface area (Å²) in [7, 11) is 0. The highest BCUT2D eigenvalue weighted by Crippen LogP contribution is 2.15. The first-order valence-corrected chi connectivity index (χ1v) is 7.27. The Hall–Kier alpha value is -0.460. The summed E-state index contributed by atoms with van der Waals surface area (Å²) in [4.78, 5) is 0. The van der Waals surface area contributed by atoms with Crippen molar-refractivity contribution in [1.29, 1.82) is 0 Å². The Kier molecular flexibility index (Phi) is 8.20. The van der Waals surface area contributed by atoms with Crippen LogP contribution in [0.2, 0.25) is 0 Å². The Morgan fingerprint density at radius 2 is 2.17 bits per heavy atom. The van der Waals surface area contributed by atoms with Gasteiger partial charge in [-0.25, -0.2) is 0 Å². The molecule has 104 valence electrons. The molecular formula is C13H23NO3S. The second kappa shape index (κ2) is 9.47. The van der Waals surface area contributed by atoms with E-state index >= 15 is 0 Å². The first-order valence-electron chi connectivity index (χ1n) is 6.33. The van der Waals surface area contributed by atoms with E-state index in [1.807, 2.05) is 6.92 Å². The fourth-order valence-electron chi connectivity index (χ4n) is 1.49. The third-order valence-electron chi connectivity index (χ3n) is 2.59. The molecule has 0 aliphatic heterocycles. The van der Waals surface area contributed by atoms with Crippen LogP contribution in [0.25, 0.3) is 0 Å². The Morgan fingerprint density at radius 1 is 1.39 bits per heavy atom. The summed E-state index contributed by atoms with van der Waals surface area (Å²) >= 11 is 1.68. The summed E-state index contributed by atoms with van der Waals surface area (Å²) in [5.41, 5.74) is 1.25. The first-order chi connectivity index (χ1) is 8.74. The number of nitrogens with one attached hydrogen (secondary N) is 1. The van der Waals surface area contributed by atoms with E-state index in [0.717, 1.165) is 0 Å². The van der Waals surface area contributed by atoms with Crippen LogP contribution in [0, 0.1) is 0 Å². The molecule has 0 saturated heterocycles. The molecule has 0 amide bonds. The van der Waals surface area contributed by atoms with Crippen molar-refractivity contribution >= 4 is 11.3 Å². The van der Waals surface area contributed by atoms with Gasteiger partial charge >= 0.3 is 0 Å². The molecule has 0 bridgehead atoms. The topological polar surface area (TPSA) is 50.7 Å². The lowest BCUT2D eigenvalue weighted by atomic mass is 10.2. The van der Waals surface area contributed by atoms with Gasteiger partial charge in [-0.1, -0.05) is 0 Å². The predicted octanol–water partition coefficient (Wildman–Crippen LogP) is 1.81. The molecule has 1 aromatic rings. The maximum atomic E-state index is 9.73. The quantitative estimate of drug-likeness (QED) is 0.638. The van der Waals surface area contributed by atoms with E-state index in [2.05, 4.69) is 29.1 Å². The van der Waals surface area contributed by atoms with Gasteiger partial charge in [0.2, 0.25) is 0 Å². The molecule has 18 heavy (non-hydrogen) atoms. The number of hydrogen-bond acceptors (Lipinski definition) is 5. The molecule has 0 fully saturated rings. The number of ether oxygens (including phenoxy) is 2. The monoisotopic (exact) mass is 273 g/mol. The van der Waals surface area contributed by atoms with Crippen LogP contribution in [0.3, 0.4) is 0 Å². The van der Waals surface area contributed by atoms with E-state index < -0.39 is 6.10 Å². The second-order valence-corrected chi connectivity index (χ2v) is 4.89. The van der Waals surface area contributed by atoms with Gasteiger partial charge in [-0.15, -0.1) is 0 Å². The maximum Gasteiger partial charge on any atom is 0.0897 e. The molecule has 0 aliphatic rings. The number of aliphatic hydroxyl groups is 1. The van der Waals surface area contributed by atoms with E-state index in [1.165, 1.54) is 5.56 Å². The van der Waals surface area contributed by atoms with Crippen LogP contribution in [0.15, 0.2) is 16.8 Å². The predicted molar refractivity (Wildman–Crippen MR) is 74.1 cm³/mol. The molecule has 0 aliphatic carbocycles. The van der Waals surface area contributed by atoms with Gasteiger partial charge in [0.15, 0.2) is 0 Å².